The lowest BCUT2D eigenvalue weighted by atomic mass is 10.1. The average molecular weight is 387 g/mol. The van der Waals surface area contributed by atoms with E-state index in [2.05, 4.69) is 17.0 Å². The fourth-order valence-corrected chi connectivity index (χ4v) is 3.84. The first kappa shape index (κ1) is 17.9. The van der Waals surface area contributed by atoms with E-state index in [1.807, 2.05) is 22.9 Å². The molecular weight excluding hydrogens is 364 g/mol. The maximum atomic E-state index is 6.31. The molecule has 2 aromatic heterocycles. The molecule has 0 aliphatic carbocycles. The number of pyridine rings is 1. The highest BCUT2D eigenvalue weighted by atomic mass is 35.5. The minimum atomic E-state index is 0.232. The Labute approximate surface area is 163 Å². The van der Waals surface area contributed by atoms with Gasteiger partial charge < -0.3 is 24.5 Å². The van der Waals surface area contributed by atoms with E-state index in [1.165, 1.54) is 0 Å². The zero-order valence-corrected chi connectivity index (χ0v) is 16.2. The minimum absolute atomic E-state index is 0.232. The fourth-order valence-electron chi connectivity index (χ4n) is 3.60. The van der Waals surface area contributed by atoms with Crippen molar-refractivity contribution in [1.82, 2.24) is 9.38 Å². The van der Waals surface area contributed by atoms with Crippen molar-refractivity contribution < 1.29 is 9.47 Å². The van der Waals surface area contributed by atoms with Crippen molar-refractivity contribution in [2.75, 3.05) is 32.2 Å². The average Bonchev–Trinajstić information content (AvgIpc) is 3.11. The van der Waals surface area contributed by atoms with E-state index >= 15 is 0 Å². The number of anilines is 1. The molecule has 6 nitrogen and oxygen atoms in total. The van der Waals surface area contributed by atoms with Gasteiger partial charge in [-0.1, -0.05) is 11.6 Å². The Morgan fingerprint density at radius 2 is 2.00 bits per heavy atom. The van der Waals surface area contributed by atoms with Gasteiger partial charge in [-0.15, -0.1) is 0 Å². The summed E-state index contributed by atoms with van der Waals surface area (Å²) < 4.78 is 12.8. The molecule has 1 atom stereocenters. The molecule has 0 bridgehead atoms. The van der Waals surface area contributed by atoms with Gasteiger partial charge in [0.1, 0.15) is 17.1 Å². The highest BCUT2D eigenvalue weighted by molar-refractivity contribution is 6.32. The summed E-state index contributed by atoms with van der Waals surface area (Å²) in [5.41, 5.74) is 9.77. The van der Waals surface area contributed by atoms with Gasteiger partial charge in [-0.2, -0.15) is 0 Å². The van der Waals surface area contributed by atoms with E-state index in [4.69, 9.17) is 31.8 Å². The van der Waals surface area contributed by atoms with Crippen molar-refractivity contribution in [1.29, 1.82) is 0 Å². The number of ether oxygens (including phenoxy) is 2. The number of methoxy groups -OCH3 is 2. The Hall–Kier alpha value is -2.44. The number of fused-ring (bicyclic) bond motifs is 1. The third-order valence-electron chi connectivity index (χ3n) is 5.02. The standard InChI is InChI=1S/C20H23ClN4O2/c1-26-18-10-19(27-2)16(21)9-15(18)17-12-25-7-5-14(8-20(25)23-17)24-6-3-4-13(22)11-24/h5,7-10,12-13H,3-4,6,11,22H2,1-2H3/t13-/m0/s1. The lowest BCUT2D eigenvalue weighted by Crippen LogP contribution is -2.42. The van der Waals surface area contributed by atoms with Gasteiger partial charge in [0.2, 0.25) is 0 Å². The molecule has 0 spiro atoms. The maximum absolute atomic E-state index is 6.31. The number of benzene rings is 1. The van der Waals surface area contributed by atoms with Crippen LogP contribution < -0.4 is 20.1 Å². The zero-order valence-electron chi connectivity index (χ0n) is 15.5. The number of imidazole rings is 1. The third-order valence-corrected chi connectivity index (χ3v) is 5.31. The van der Waals surface area contributed by atoms with Gasteiger partial charge in [-0.3, -0.25) is 0 Å². The summed E-state index contributed by atoms with van der Waals surface area (Å²) >= 11 is 6.31. The van der Waals surface area contributed by atoms with Crippen LogP contribution in [0.4, 0.5) is 5.69 Å². The van der Waals surface area contributed by atoms with Crippen molar-refractivity contribution in [2.45, 2.75) is 18.9 Å². The van der Waals surface area contributed by atoms with Crippen LogP contribution in [0.5, 0.6) is 11.5 Å². The van der Waals surface area contributed by atoms with Crippen molar-refractivity contribution in [3.8, 4) is 22.8 Å². The van der Waals surface area contributed by atoms with Crippen LogP contribution in [0.1, 0.15) is 12.8 Å². The Morgan fingerprint density at radius 3 is 2.74 bits per heavy atom. The summed E-state index contributed by atoms with van der Waals surface area (Å²) in [5.74, 6) is 1.24. The summed E-state index contributed by atoms with van der Waals surface area (Å²) in [6.07, 6.45) is 6.21. The molecule has 1 aliphatic rings. The molecule has 27 heavy (non-hydrogen) atoms. The topological polar surface area (TPSA) is 65.0 Å². The van der Waals surface area contributed by atoms with Crippen LogP contribution in [-0.2, 0) is 0 Å². The fraction of sp³-hybridized carbons (Fsp3) is 0.350. The number of nitrogens with zero attached hydrogens (tertiary/aromatic N) is 3. The molecule has 0 unspecified atom stereocenters. The smallest absolute Gasteiger partial charge is 0.141 e. The lowest BCUT2D eigenvalue weighted by Gasteiger charge is -2.32. The number of piperidine rings is 1. The van der Waals surface area contributed by atoms with E-state index in [1.54, 1.807) is 20.3 Å². The van der Waals surface area contributed by atoms with Crippen molar-refractivity contribution in [2.24, 2.45) is 5.73 Å². The molecule has 0 radical (unpaired) electrons. The van der Waals surface area contributed by atoms with Crippen LogP contribution in [0.25, 0.3) is 16.9 Å². The van der Waals surface area contributed by atoms with Crippen molar-refractivity contribution in [3.05, 3.63) is 41.7 Å². The van der Waals surface area contributed by atoms with E-state index in [9.17, 15) is 0 Å². The molecule has 3 aromatic rings. The van der Waals surface area contributed by atoms with Crippen LogP contribution in [-0.4, -0.2) is 42.7 Å². The molecule has 1 aliphatic heterocycles. The number of halogens is 1. The quantitative estimate of drug-likeness (QED) is 0.742. The van der Waals surface area contributed by atoms with Gasteiger partial charge in [0.15, 0.2) is 0 Å². The van der Waals surface area contributed by atoms with E-state index in [0.717, 1.165) is 48.5 Å². The maximum Gasteiger partial charge on any atom is 0.141 e. The molecule has 1 aromatic carbocycles. The summed E-state index contributed by atoms with van der Waals surface area (Å²) in [7, 11) is 3.21. The highest BCUT2D eigenvalue weighted by Gasteiger charge is 2.18. The second-order valence-corrected chi connectivity index (χ2v) is 7.22. The first-order valence-electron chi connectivity index (χ1n) is 9.00. The van der Waals surface area contributed by atoms with Crippen LogP contribution in [0, 0.1) is 0 Å². The Morgan fingerprint density at radius 1 is 1.19 bits per heavy atom. The lowest BCUT2D eigenvalue weighted by molar-refractivity contribution is 0.395. The van der Waals surface area contributed by atoms with E-state index in [0.29, 0.717) is 16.5 Å². The monoisotopic (exact) mass is 386 g/mol. The molecule has 1 saturated heterocycles. The molecule has 142 valence electrons. The molecule has 0 amide bonds. The Kier molecular flexibility index (Phi) is 4.85. The van der Waals surface area contributed by atoms with E-state index < -0.39 is 0 Å². The van der Waals surface area contributed by atoms with Crippen LogP contribution >= 0.6 is 11.6 Å². The number of hydrogen-bond donors (Lipinski definition) is 1. The van der Waals surface area contributed by atoms with E-state index in [-0.39, 0.29) is 6.04 Å². The second-order valence-electron chi connectivity index (χ2n) is 6.81. The van der Waals surface area contributed by atoms with Gasteiger partial charge in [0, 0.05) is 54.9 Å². The van der Waals surface area contributed by atoms with Crippen molar-refractivity contribution in [3.63, 3.8) is 0 Å². The molecular formula is C20H23ClN4O2. The van der Waals surface area contributed by atoms with Crippen molar-refractivity contribution >= 4 is 22.9 Å². The minimum Gasteiger partial charge on any atom is -0.496 e. The largest absolute Gasteiger partial charge is 0.496 e. The summed E-state index contributed by atoms with van der Waals surface area (Å²) in [6, 6.07) is 8.04. The molecule has 7 heteroatoms. The van der Waals surface area contributed by atoms with Gasteiger partial charge in [0.25, 0.3) is 0 Å². The molecule has 1 fully saturated rings. The molecule has 3 heterocycles. The highest BCUT2D eigenvalue weighted by Crippen LogP contribution is 2.38. The first-order valence-corrected chi connectivity index (χ1v) is 9.38. The third kappa shape index (κ3) is 3.42. The van der Waals surface area contributed by atoms with Gasteiger partial charge >= 0.3 is 0 Å². The summed E-state index contributed by atoms with van der Waals surface area (Å²) in [4.78, 5) is 7.12. The number of hydrogen-bond acceptors (Lipinski definition) is 5. The zero-order chi connectivity index (χ0) is 19.0. The first-order chi connectivity index (χ1) is 13.1. The van der Waals surface area contributed by atoms with Gasteiger partial charge in [-0.25, -0.2) is 4.98 Å². The number of nitrogens with two attached hydrogens (primary N) is 1. The van der Waals surface area contributed by atoms with Gasteiger partial charge in [0.05, 0.1) is 24.9 Å². The molecule has 2 N–H and O–H groups in total. The second kappa shape index (κ2) is 7.29. The Bertz CT molecular complexity index is 972. The number of aromatic nitrogens is 2. The summed E-state index contributed by atoms with van der Waals surface area (Å²) in [5, 5.41) is 0.522. The molecule has 0 saturated carbocycles. The van der Waals surface area contributed by atoms with Crippen LogP contribution in [0.2, 0.25) is 5.02 Å². The van der Waals surface area contributed by atoms with Gasteiger partial charge in [-0.05, 0) is 25.0 Å². The number of rotatable bonds is 4. The SMILES string of the molecule is COc1cc(OC)c(-c2cn3ccc(N4CCC[C@H](N)C4)cc3n2)cc1Cl. The Balaban J connectivity index is 1.73. The predicted molar refractivity (Wildman–Crippen MR) is 108 cm³/mol. The summed E-state index contributed by atoms with van der Waals surface area (Å²) in [6.45, 7) is 1.91. The molecule has 4 rings (SSSR count). The van der Waals surface area contributed by atoms with Crippen LogP contribution in [0.15, 0.2) is 36.7 Å². The predicted octanol–water partition coefficient (Wildman–Crippen LogP) is 3.60. The normalized spacial score (nSPS) is 17.3. The van der Waals surface area contributed by atoms with Crippen LogP contribution in [0.3, 0.4) is 0 Å².